The van der Waals surface area contributed by atoms with Gasteiger partial charge < -0.3 is 15.2 Å². The zero-order valence-electron chi connectivity index (χ0n) is 12.9. The summed E-state index contributed by atoms with van der Waals surface area (Å²) in [6, 6.07) is 5.65. The van der Waals surface area contributed by atoms with E-state index in [9.17, 15) is 9.18 Å². The molecule has 0 aliphatic rings. The predicted octanol–water partition coefficient (Wildman–Crippen LogP) is 3.06. The molecule has 0 saturated carbocycles. The Morgan fingerprint density at radius 3 is 2.36 bits per heavy atom. The highest BCUT2D eigenvalue weighted by molar-refractivity contribution is 5.85. The summed E-state index contributed by atoms with van der Waals surface area (Å²) in [4.78, 5) is 12.1. The molecule has 2 rings (SSSR count). The van der Waals surface area contributed by atoms with Gasteiger partial charge >= 0.3 is 6.09 Å². The minimum Gasteiger partial charge on any atom is -0.479 e. The van der Waals surface area contributed by atoms with Crippen LogP contribution in [0.5, 0.6) is 5.88 Å². The lowest BCUT2D eigenvalue weighted by molar-refractivity contribution is 0.0517. The minimum absolute atomic E-state index is 0.0673. The number of halogens is 1. The van der Waals surface area contributed by atoms with Crippen molar-refractivity contribution in [2.45, 2.75) is 26.4 Å². The Kier molecular flexibility index (Phi) is 4.07. The maximum Gasteiger partial charge on any atom is 0.437 e. The summed E-state index contributed by atoms with van der Waals surface area (Å²) in [7, 11) is 1.41. The number of carbonyl (C=O) groups excluding carboxylic acids is 1. The van der Waals surface area contributed by atoms with E-state index in [0.717, 1.165) is 4.68 Å². The molecule has 0 spiro atoms. The minimum atomic E-state index is -0.711. The first-order valence-electron chi connectivity index (χ1n) is 6.64. The van der Waals surface area contributed by atoms with E-state index in [4.69, 9.17) is 15.2 Å². The van der Waals surface area contributed by atoms with Crippen molar-refractivity contribution in [2.75, 3.05) is 12.8 Å². The van der Waals surface area contributed by atoms with E-state index in [0.29, 0.717) is 11.1 Å². The molecule has 1 heterocycles. The number of carbonyl (C=O) groups is 1. The van der Waals surface area contributed by atoms with Crippen LogP contribution in [0.1, 0.15) is 20.8 Å². The molecule has 2 N–H and O–H groups in total. The molecule has 0 bridgehead atoms. The Balaban J connectivity index is 2.48. The van der Waals surface area contributed by atoms with Crippen LogP contribution in [0.15, 0.2) is 24.3 Å². The van der Waals surface area contributed by atoms with Crippen LogP contribution in [0.25, 0.3) is 11.1 Å². The first-order chi connectivity index (χ1) is 10.2. The summed E-state index contributed by atoms with van der Waals surface area (Å²) < 4.78 is 24.4. The van der Waals surface area contributed by atoms with Crippen molar-refractivity contribution in [3.05, 3.63) is 30.1 Å². The number of nitrogen functional groups attached to an aromatic ring is 1. The molecule has 0 atom stereocenters. The van der Waals surface area contributed by atoms with Crippen LogP contribution in [0.4, 0.5) is 15.0 Å². The van der Waals surface area contributed by atoms with E-state index in [2.05, 4.69) is 5.10 Å². The SMILES string of the molecule is COc1nn(C(=O)OC(C)(C)C)c(N)c1-c1ccc(F)cc1. The fraction of sp³-hybridized carbons (Fsp3) is 0.333. The highest BCUT2D eigenvalue weighted by atomic mass is 19.1. The second-order valence-electron chi connectivity index (χ2n) is 5.67. The molecule has 118 valence electrons. The van der Waals surface area contributed by atoms with Gasteiger partial charge in [0.1, 0.15) is 17.2 Å². The highest BCUT2D eigenvalue weighted by Crippen LogP contribution is 2.35. The molecule has 0 fully saturated rings. The third-order valence-corrected chi connectivity index (χ3v) is 2.78. The molecule has 1 aromatic carbocycles. The molecule has 0 unspecified atom stereocenters. The number of methoxy groups -OCH3 is 1. The van der Waals surface area contributed by atoms with E-state index in [1.54, 1.807) is 20.8 Å². The Hall–Kier alpha value is -2.57. The molecular weight excluding hydrogens is 289 g/mol. The lowest BCUT2D eigenvalue weighted by atomic mass is 10.1. The van der Waals surface area contributed by atoms with E-state index in [-0.39, 0.29) is 17.5 Å². The molecule has 6 nitrogen and oxygen atoms in total. The van der Waals surface area contributed by atoms with Crippen LogP contribution in [-0.2, 0) is 4.74 Å². The normalized spacial score (nSPS) is 11.3. The van der Waals surface area contributed by atoms with Gasteiger partial charge in [0.25, 0.3) is 0 Å². The Morgan fingerprint density at radius 2 is 1.86 bits per heavy atom. The maximum atomic E-state index is 13.0. The van der Waals surface area contributed by atoms with Crippen molar-refractivity contribution in [3.8, 4) is 17.0 Å². The van der Waals surface area contributed by atoms with E-state index >= 15 is 0 Å². The number of aromatic nitrogens is 2. The van der Waals surface area contributed by atoms with Gasteiger partial charge in [-0.25, -0.2) is 9.18 Å². The number of ether oxygens (including phenoxy) is 2. The molecular formula is C15H18FN3O3. The second kappa shape index (κ2) is 5.67. The maximum absolute atomic E-state index is 13.0. The quantitative estimate of drug-likeness (QED) is 0.922. The number of rotatable bonds is 2. The fourth-order valence-electron chi connectivity index (χ4n) is 1.89. The molecule has 0 aliphatic heterocycles. The molecule has 0 radical (unpaired) electrons. The molecule has 0 amide bonds. The Bertz CT molecular complexity index is 687. The number of hydrogen-bond donors (Lipinski definition) is 1. The summed E-state index contributed by atoms with van der Waals surface area (Å²) in [5.41, 5.74) is 6.31. The van der Waals surface area contributed by atoms with Gasteiger partial charge in [-0.05, 0) is 38.5 Å². The van der Waals surface area contributed by atoms with Crippen LogP contribution < -0.4 is 10.5 Å². The average Bonchev–Trinajstić information content (AvgIpc) is 2.75. The third-order valence-electron chi connectivity index (χ3n) is 2.78. The lowest BCUT2D eigenvalue weighted by Crippen LogP contribution is -2.28. The summed E-state index contributed by atoms with van der Waals surface area (Å²) in [5, 5.41) is 4.01. The average molecular weight is 307 g/mol. The monoisotopic (exact) mass is 307 g/mol. The number of anilines is 1. The van der Waals surface area contributed by atoms with Crippen LogP contribution >= 0.6 is 0 Å². The van der Waals surface area contributed by atoms with E-state index < -0.39 is 11.7 Å². The zero-order chi connectivity index (χ0) is 16.5. The lowest BCUT2D eigenvalue weighted by Gasteiger charge is -2.19. The standard InChI is InChI=1S/C15H18FN3O3/c1-15(2,3)22-14(20)19-12(17)11(13(18-19)21-4)9-5-7-10(16)8-6-9/h5-8H,17H2,1-4H3. The summed E-state index contributed by atoms with van der Waals surface area (Å²) in [6.45, 7) is 5.22. The first-order valence-corrected chi connectivity index (χ1v) is 6.64. The number of nitrogens with two attached hydrogens (primary N) is 1. The molecule has 22 heavy (non-hydrogen) atoms. The highest BCUT2D eigenvalue weighted by Gasteiger charge is 2.25. The van der Waals surface area contributed by atoms with Gasteiger partial charge in [0.2, 0.25) is 5.88 Å². The van der Waals surface area contributed by atoms with Crippen molar-refractivity contribution < 1.29 is 18.7 Å². The van der Waals surface area contributed by atoms with Gasteiger partial charge in [0.15, 0.2) is 0 Å². The first kappa shape index (κ1) is 15.8. The number of nitrogens with zero attached hydrogens (tertiary/aromatic N) is 2. The smallest absolute Gasteiger partial charge is 0.437 e. The van der Waals surface area contributed by atoms with Crippen LogP contribution in [-0.4, -0.2) is 28.6 Å². The van der Waals surface area contributed by atoms with Crippen molar-refractivity contribution in [3.63, 3.8) is 0 Å². The van der Waals surface area contributed by atoms with Gasteiger partial charge in [-0.2, -0.15) is 0 Å². The molecule has 7 heteroatoms. The van der Waals surface area contributed by atoms with Crippen molar-refractivity contribution in [1.29, 1.82) is 0 Å². The van der Waals surface area contributed by atoms with E-state index in [1.165, 1.54) is 31.4 Å². The van der Waals surface area contributed by atoms with Crippen LogP contribution in [0, 0.1) is 5.82 Å². The van der Waals surface area contributed by atoms with Crippen molar-refractivity contribution in [2.24, 2.45) is 0 Å². The molecule has 0 aliphatic carbocycles. The topological polar surface area (TPSA) is 79.4 Å². The zero-order valence-corrected chi connectivity index (χ0v) is 12.9. The molecule has 0 saturated heterocycles. The predicted molar refractivity (Wildman–Crippen MR) is 80.2 cm³/mol. The van der Waals surface area contributed by atoms with E-state index in [1.807, 2.05) is 0 Å². The summed E-state index contributed by atoms with van der Waals surface area (Å²) in [5.74, 6) is -0.145. The largest absolute Gasteiger partial charge is 0.479 e. The van der Waals surface area contributed by atoms with Gasteiger partial charge in [-0.3, -0.25) is 0 Å². The molecule has 2 aromatic rings. The molecule has 1 aromatic heterocycles. The van der Waals surface area contributed by atoms with Crippen LogP contribution in [0.3, 0.4) is 0 Å². The van der Waals surface area contributed by atoms with Crippen LogP contribution in [0.2, 0.25) is 0 Å². The van der Waals surface area contributed by atoms with Gasteiger partial charge in [-0.1, -0.05) is 12.1 Å². The second-order valence-corrected chi connectivity index (χ2v) is 5.67. The van der Waals surface area contributed by atoms with Gasteiger partial charge in [0, 0.05) is 0 Å². The van der Waals surface area contributed by atoms with Crippen molar-refractivity contribution >= 4 is 11.9 Å². The Labute approximate surface area is 127 Å². The van der Waals surface area contributed by atoms with Crippen molar-refractivity contribution in [1.82, 2.24) is 9.78 Å². The third kappa shape index (κ3) is 3.19. The Morgan fingerprint density at radius 1 is 1.27 bits per heavy atom. The summed E-state index contributed by atoms with van der Waals surface area (Å²) in [6.07, 6.45) is -0.711. The fourth-order valence-corrected chi connectivity index (χ4v) is 1.89. The number of hydrogen-bond acceptors (Lipinski definition) is 5. The summed E-state index contributed by atoms with van der Waals surface area (Å²) >= 11 is 0. The van der Waals surface area contributed by atoms with Gasteiger partial charge in [-0.15, -0.1) is 9.78 Å². The number of benzene rings is 1. The van der Waals surface area contributed by atoms with Gasteiger partial charge in [0.05, 0.1) is 12.7 Å².